The molecule has 0 aliphatic heterocycles. The first-order valence-electron chi connectivity index (χ1n) is 3.15. The summed E-state index contributed by atoms with van der Waals surface area (Å²) in [5, 5.41) is 14.8. The van der Waals surface area contributed by atoms with Crippen molar-refractivity contribution < 1.29 is 14.9 Å². The van der Waals surface area contributed by atoms with Crippen molar-refractivity contribution in [2.75, 3.05) is 0 Å². The van der Waals surface area contributed by atoms with Gasteiger partial charge in [-0.25, -0.2) is 4.79 Å². The van der Waals surface area contributed by atoms with E-state index >= 15 is 0 Å². The van der Waals surface area contributed by atoms with Gasteiger partial charge in [0, 0.05) is 0 Å². The predicted molar refractivity (Wildman–Crippen MR) is 36.0 cm³/mol. The SMILES string of the molecule is CCCCC(=N)C(=O)OO. The van der Waals surface area contributed by atoms with Crippen molar-refractivity contribution in [2.24, 2.45) is 0 Å². The zero-order valence-corrected chi connectivity index (χ0v) is 5.89. The molecule has 0 saturated carbocycles. The summed E-state index contributed by atoms with van der Waals surface area (Å²) < 4.78 is 0. The van der Waals surface area contributed by atoms with Gasteiger partial charge in [-0.15, -0.1) is 0 Å². The Balaban J connectivity index is 3.52. The van der Waals surface area contributed by atoms with Gasteiger partial charge in [-0.3, -0.25) is 10.3 Å². The highest BCUT2D eigenvalue weighted by Crippen LogP contribution is 1.96. The normalized spacial score (nSPS) is 9.00. The lowest BCUT2D eigenvalue weighted by Gasteiger charge is -1.96. The first kappa shape index (κ1) is 9.10. The van der Waals surface area contributed by atoms with Crippen LogP contribution in [0.25, 0.3) is 0 Å². The van der Waals surface area contributed by atoms with Crippen LogP contribution in [0.15, 0.2) is 0 Å². The van der Waals surface area contributed by atoms with E-state index in [0.29, 0.717) is 6.42 Å². The number of nitrogens with one attached hydrogen (secondary N) is 1. The molecule has 58 valence electrons. The van der Waals surface area contributed by atoms with Crippen LogP contribution in [0.5, 0.6) is 0 Å². The molecule has 0 spiro atoms. The van der Waals surface area contributed by atoms with Gasteiger partial charge in [0.05, 0.1) is 0 Å². The highest BCUT2D eigenvalue weighted by atomic mass is 17.1. The van der Waals surface area contributed by atoms with Crippen LogP contribution < -0.4 is 0 Å². The lowest BCUT2D eigenvalue weighted by Crippen LogP contribution is -2.14. The van der Waals surface area contributed by atoms with Crippen molar-refractivity contribution in [3.63, 3.8) is 0 Å². The second-order valence-corrected chi connectivity index (χ2v) is 1.96. The van der Waals surface area contributed by atoms with Gasteiger partial charge in [0.1, 0.15) is 5.71 Å². The number of carbonyl (C=O) groups excluding carboxylic acids is 1. The Bertz CT molecular complexity index is 133. The minimum Gasteiger partial charge on any atom is -0.298 e. The van der Waals surface area contributed by atoms with E-state index in [0.717, 1.165) is 12.8 Å². The van der Waals surface area contributed by atoms with Gasteiger partial charge < -0.3 is 0 Å². The van der Waals surface area contributed by atoms with Gasteiger partial charge in [0.15, 0.2) is 0 Å². The van der Waals surface area contributed by atoms with E-state index in [-0.39, 0.29) is 5.71 Å². The van der Waals surface area contributed by atoms with Crippen molar-refractivity contribution in [1.82, 2.24) is 0 Å². The van der Waals surface area contributed by atoms with Crippen LogP contribution in [-0.4, -0.2) is 16.9 Å². The van der Waals surface area contributed by atoms with Crippen LogP contribution in [0, 0.1) is 5.41 Å². The summed E-state index contributed by atoms with van der Waals surface area (Å²) in [6, 6.07) is 0. The molecule has 0 saturated heterocycles. The number of unbranched alkanes of at least 4 members (excludes halogenated alkanes) is 1. The van der Waals surface area contributed by atoms with E-state index in [9.17, 15) is 4.79 Å². The third-order valence-corrected chi connectivity index (χ3v) is 1.11. The average molecular weight is 145 g/mol. The molecule has 0 bridgehead atoms. The van der Waals surface area contributed by atoms with Gasteiger partial charge in [-0.1, -0.05) is 13.3 Å². The summed E-state index contributed by atoms with van der Waals surface area (Å²) in [5.74, 6) is -0.951. The molecule has 0 aromatic heterocycles. The van der Waals surface area contributed by atoms with Crippen molar-refractivity contribution in [3.8, 4) is 0 Å². The zero-order chi connectivity index (χ0) is 7.98. The molecule has 4 nitrogen and oxygen atoms in total. The highest BCUT2D eigenvalue weighted by Gasteiger charge is 2.08. The van der Waals surface area contributed by atoms with Crippen LogP contribution in [-0.2, 0) is 9.68 Å². The van der Waals surface area contributed by atoms with Crippen LogP contribution >= 0.6 is 0 Å². The predicted octanol–water partition coefficient (Wildman–Crippen LogP) is 1.21. The lowest BCUT2D eigenvalue weighted by molar-refractivity contribution is -0.225. The summed E-state index contributed by atoms with van der Waals surface area (Å²) in [5.41, 5.74) is -0.177. The third kappa shape index (κ3) is 3.19. The molecule has 0 amide bonds. The van der Waals surface area contributed by atoms with Gasteiger partial charge >= 0.3 is 5.97 Å². The molecule has 0 unspecified atom stereocenters. The first-order chi connectivity index (χ1) is 4.72. The van der Waals surface area contributed by atoms with Crippen LogP contribution in [0.1, 0.15) is 26.2 Å². The first-order valence-corrected chi connectivity index (χ1v) is 3.15. The summed E-state index contributed by atoms with van der Waals surface area (Å²) in [6.07, 6.45) is 2.06. The highest BCUT2D eigenvalue weighted by molar-refractivity contribution is 6.34. The van der Waals surface area contributed by atoms with E-state index in [4.69, 9.17) is 10.7 Å². The van der Waals surface area contributed by atoms with E-state index in [2.05, 4.69) is 4.89 Å². The Labute approximate surface area is 59.2 Å². The van der Waals surface area contributed by atoms with E-state index < -0.39 is 5.97 Å². The number of hydrogen-bond donors (Lipinski definition) is 2. The molecule has 4 heteroatoms. The Hall–Kier alpha value is -0.900. The second-order valence-electron chi connectivity index (χ2n) is 1.96. The quantitative estimate of drug-likeness (QED) is 0.355. The average Bonchev–Trinajstić information content (AvgIpc) is 1.98. The van der Waals surface area contributed by atoms with E-state index in [1.165, 1.54) is 0 Å². The number of hydrogen-bond acceptors (Lipinski definition) is 4. The molecule has 2 N–H and O–H groups in total. The maximum atomic E-state index is 10.3. The van der Waals surface area contributed by atoms with Crippen molar-refractivity contribution in [2.45, 2.75) is 26.2 Å². The number of carbonyl (C=O) groups is 1. The Morgan fingerprint density at radius 2 is 2.30 bits per heavy atom. The largest absolute Gasteiger partial charge is 0.386 e. The van der Waals surface area contributed by atoms with Gasteiger partial charge in [0.25, 0.3) is 0 Å². The molecule has 0 heterocycles. The monoisotopic (exact) mass is 145 g/mol. The second kappa shape index (κ2) is 4.93. The standard InChI is InChI=1S/C6H11NO3/c1-2-3-4-5(7)6(8)10-9/h7,9H,2-4H2,1H3. The smallest absolute Gasteiger partial charge is 0.298 e. The maximum absolute atomic E-state index is 10.3. The Kier molecular flexibility index (Phi) is 4.49. The van der Waals surface area contributed by atoms with E-state index in [1.54, 1.807) is 0 Å². The molecule has 0 atom stereocenters. The van der Waals surface area contributed by atoms with Crippen molar-refractivity contribution in [3.05, 3.63) is 0 Å². The van der Waals surface area contributed by atoms with Crippen molar-refractivity contribution in [1.29, 1.82) is 5.41 Å². The summed E-state index contributed by atoms with van der Waals surface area (Å²) in [4.78, 5) is 13.7. The molecule has 0 aromatic rings. The molecular formula is C6H11NO3. The molecular weight excluding hydrogens is 134 g/mol. The third-order valence-electron chi connectivity index (χ3n) is 1.11. The zero-order valence-electron chi connectivity index (χ0n) is 5.89. The maximum Gasteiger partial charge on any atom is 0.386 e. The molecule has 0 aliphatic carbocycles. The Morgan fingerprint density at radius 1 is 1.70 bits per heavy atom. The van der Waals surface area contributed by atoms with Crippen molar-refractivity contribution >= 4 is 11.7 Å². The fraction of sp³-hybridized carbons (Fsp3) is 0.667. The summed E-state index contributed by atoms with van der Waals surface area (Å²) in [6.45, 7) is 1.96. The molecule has 0 radical (unpaired) electrons. The minimum absolute atomic E-state index is 0.177. The molecule has 0 rings (SSSR count). The lowest BCUT2D eigenvalue weighted by atomic mass is 10.2. The fourth-order valence-electron chi connectivity index (χ4n) is 0.511. The molecule has 0 aliphatic rings. The summed E-state index contributed by atoms with van der Waals surface area (Å²) in [7, 11) is 0. The van der Waals surface area contributed by atoms with E-state index in [1.807, 2.05) is 6.92 Å². The van der Waals surface area contributed by atoms with Gasteiger partial charge in [-0.05, 0) is 12.8 Å². The molecule has 10 heavy (non-hydrogen) atoms. The van der Waals surface area contributed by atoms with Crippen LogP contribution in [0.3, 0.4) is 0 Å². The van der Waals surface area contributed by atoms with Crippen LogP contribution in [0.4, 0.5) is 0 Å². The van der Waals surface area contributed by atoms with Crippen LogP contribution in [0.2, 0.25) is 0 Å². The van der Waals surface area contributed by atoms with Gasteiger partial charge in [-0.2, -0.15) is 5.26 Å². The van der Waals surface area contributed by atoms with Gasteiger partial charge in [0.2, 0.25) is 0 Å². The number of rotatable bonds is 4. The molecule has 0 fully saturated rings. The Morgan fingerprint density at radius 3 is 2.70 bits per heavy atom. The topological polar surface area (TPSA) is 70.4 Å². The minimum atomic E-state index is -0.951. The fourth-order valence-corrected chi connectivity index (χ4v) is 0.511. The summed E-state index contributed by atoms with van der Waals surface area (Å²) >= 11 is 0. The molecule has 0 aromatic carbocycles.